The third-order valence-electron chi connectivity index (χ3n) is 3.24. The Morgan fingerprint density at radius 1 is 1.42 bits per heavy atom. The van der Waals surface area contributed by atoms with Crippen LogP contribution in [0.5, 0.6) is 0 Å². The van der Waals surface area contributed by atoms with Crippen LogP contribution in [0.1, 0.15) is 26.1 Å². The van der Waals surface area contributed by atoms with Gasteiger partial charge in [0.2, 0.25) is 0 Å². The topological polar surface area (TPSA) is 66.7 Å². The summed E-state index contributed by atoms with van der Waals surface area (Å²) in [4.78, 5) is 7.85. The fourth-order valence-corrected chi connectivity index (χ4v) is 1.82. The number of H-pyrrole nitrogens is 1. The van der Waals surface area contributed by atoms with Crippen molar-refractivity contribution in [3.05, 3.63) is 47.4 Å². The number of aromatic nitrogens is 2. The predicted octanol–water partition coefficient (Wildman–Crippen LogP) is 2.77. The van der Waals surface area contributed by atoms with E-state index in [1.165, 1.54) is 5.57 Å². The molecule has 0 saturated carbocycles. The highest BCUT2D eigenvalue weighted by atomic mass is 15.0. The number of allylic oxidation sites excluding steroid dienone is 2. The van der Waals surface area contributed by atoms with Crippen LogP contribution in [-0.4, -0.2) is 17.0 Å². The smallest absolute Gasteiger partial charge is 0.154 e. The fourth-order valence-electron chi connectivity index (χ4n) is 1.82. The molecule has 19 heavy (non-hydrogen) atoms. The average Bonchev–Trinajstić information content (AvgIpc) is 2.87. The van der Waals surface area contributed by atoms with E-state index in [9.17, 15) is 0 Å². The Bertz CT molecular complexity index is 601. The van der Waals surface area contributed by atoms with Crippen molar-refractivity contribution in [2.75, 3.05) is 7.05 Å². The summed E-state index contributed by atoms with van der Waals surface area (Å²) in [6, 6.07) is 7.96. The van der Waals surface area contributed by atoms with E-state index in [0.29, 0.717) is 0 Å². The largest absolute Gasteiger partial charge is 0.399 e. The molecule has 100 valence electrons. The summed E-state index contributed by atoms with van der Waals surface area (Å²) in [5.74, 6) is 0.801. The van der Waals surface area contributed by atoms with E-state index in [2.05, 4.69) is 22.2 Å². The number of hydrogen-bond donors (Lipinski definition) is 3. The molecule has 4 heteroatoms. The van der Waals surface area contributed by atoms with Crippen LogP contribution in [0.4, 0.5) is 0 Å². The lowest BCUT2D eigenvalue weighted by molar-refractivity contribution is 1.04. The lowest BCUT2D eigenvalue weighted by Crippen LogP contribution is -2.09. The molecular weight excluding hydrogens is 236 g/mol. The van der Waals surface area contributed by atoms with Gasteiger partial charge in [0.15, 0.2) is 5.82 Å². The highest BCUT2D eigenvalue weighted by molar-refractivity contribution is 5.78. The Balaban J connectivity index is 2.44. The van der Waals surface area contributed by atoms with Crippen molar-refractivity contribution in [2.24, 2.45) is 5.73 Å². The van der Waals surface area contributed by atoms with Crippen molar-refractivity contribution in [1.29, 1.82) is 0 Å². The van der Waals surface area contributed by atoms with Crippen molar-refractivity contribution in [2.45, 2.75) is 20.3 Å². The third-order valence-corrected chi connectivity index (χ3v) is 3.24. The molecule has 0 aliphatic heterocycles. The molecule has 0 bridgehead atoms. The first-order chi connectivity index (χ1) is 9.15. The highest BCUT2D eigenvalue weighted by Crippen LogP contribution is 2.16. The van der Waals surface area contributed by atoms with Crippen LogP contribution < -0.4 is 11.1 Å². The van der Waals surface area contributed by atoms with E-state index < -0.39 is 0 Å². The molecule has 1 aromatic heterocycles. The van der Waals surface area contributed by atoms with Gasteiger partial charge < -0.3 is 16.0 Å². The molecule has 0 fully saturated rings. The number of hydrogen-bond acceptors (Lipinski definition) is 3. The molecule has 2 aromatic rings. The molecule has 0 spiro atoms. The minimum absolute atomic E-state index is 0.785. The Hall–Kier alpha value is -2.23. The molecular formula is C15H20N4. The third kappa shape index (κ3) is 2.78. The molecule has 4 N–H and O–H groups in total. The van der Waals surface area contributed by atoms with E-state index in [-0.39, 0.29) is 0 Å². The first kappa shape index (κ1) is 13.2. The van der Waals surface area contributed by atoms with Gasteiger partial charge in [-0.1, -0.05) is 24.6 Å². The summed E-state index contributed by atoms with van der Waals surface area (Å²) in [7, 11) is 1.87. The van der Waals surface area contributed by atoms with Crippen molar-refractivity contribution in [3.8, 4) is 0 Å². The average molecular weight is 256 g/mol. The van der Waals surface area contributed by atoms with Gasteiger partial charge >= 0.3 is 0 Å². The maximum absolute atomic E-state index is 6.06. The quantitative estimate of drug-likeness (QED) is 0.737. The van der Waals surface area contributed by atoms with Gasteiger partial charge in [0, 0.05) is 12.7 Å². The van der Waals surface area contributed by atoms with E-state index in [1.807, 2.05) is 44.3 Å². The molecule has 0 radical (unpaired) electrons. The normalized spacial score (nSPS) is 13.5. The summed E-state index contributed by atoms with van der Waals surface area (Å²) >= 11 is 0. The maximum atomic E-state index is 6.06. The van der Waals surface area contributed by atoms with Gasteiger partial charge in [-0.3, -0.25) is 0 Å². The molecule has 0 saturated heterocycles. The SMILES string of the molecule is CC/C(C)=C(N)/C=C(\NC)c1nc2ccccc2[nH]1. The number of nitrogens with two attached hydrogens (primary N) is 1. The Kier molecular flexibility index (Phi) is 3.90. The zero-order valence-corrected chi connectivity index (χ0v) is 11.6. The Morgan fingerprint density at radius 2 is 2.16 bits per heavy atom. The number of rotatable bonds is 4. The summed E-state index contributed by atoms with van der Waals surface area (Å²) in [5, 5.41) is 3.14. The van der Waals surface area contributed by atoms with Crippen molar-refractivity contribution in [1.82, 2.24) is 15.3 Å². The van der Waals surface area contributed by atoms with Gasteiger partial charge in [-0.15, -0.1) is 0 Å². The second-order valence-electron chi connectivity index (χ2n) is 4.50. The van der Waals surface area contributed by atoms with Gasteiger partial charge in [0.05, 0.1) is 16.7 Å². The maximum Gasteiger partial charge on any atom is 0.154 e. The van der Waals surface area contributed by atoms with Crippen LogP contribution in [-0.2, 0) is 0 Å². The minimum Gasteiger partial charge on any atom is -0.399 e. The number of aromatic amines is 1. The van der Waals surface area contributed by atoms with Crippen LogP contribution in [0, 0.1) is 0 Å². The Labute approximate surface area is 113 Å². The molecule has 0 amide bonds. The van der Waals surface area contributed by atoms with Crippen LogP contribution in [0.2, 0.25) is 0 Å². The lowest BCUT2D eigenvalue weighted by atomic mass is 10.1. The molecule has 0 aliphatic carbocycles. The van der Waals surface area contributed by atoms with Gasteiger partial charge in [-0.25, -0.2) is 4.98 Å². The monoisotopic (exact) mass is 256 g/mol. The number of para-hydroxylation sites is 2. The standard InChI is InChI=1S/C15H20N4/c1-4-10(2)11(16)9-14(17-3)15-18-12-7-5-6-8-13(12)19-15/h5-9,17H,4,16H2,1-3H3,(H,18,19)/b11-10-,14-9-. The van der Waals surface area contributed by atoms with Gasteiger partial charge in [-0.05, 0) is 31.6 Å². The van der Waals surface area contributed by atoms with E-state index in [4.69, 9.17) is 5.73 Å². The number of fused-ring (bicyclic) bond motifs is 1. The molecule has 0 unspecified atom stereocenters. The number of nitrogens with one attached hydrogen (secondary N) is 2. The van der Waals surface area contributed by atoms with Gasteiger partial charge in [-0.2, -0.15) is 0 Å². The van der Waals surface area contributed by atoms with Crippen LogP contribution in [0.25, 0.3) is 16.7 Å². The second kappa shape index (κ2) is 5.61. The summed E-state index contributed by atoms with van der Waals surface area (Å²) in [6.07, 6.45) is 2.87. The second-order valence-corrected chi connectivity index (χ2v) is 4.50. The van der Waals surface area contributed by atoms with Crippen LogP contribution >= 0.6 is 0 Å². The van der Waals surface area contributed by atoms with E-state index in [0.717, 1.165) is 34.7 Å². The molecule has 0 aliphatic rings. The van der Waals surface area contributed by atoms with Gasteiger partial charge in [0.25, 0.3) is 0 Å². The number of nitrogens with zero attached hydrogens (tertiary/aromatic N) is 1. The predicted molar refractivity (Wildman–Crippen MR) is 80.3 cm³/mol. The molecule has 4 nitrogen and oxygen atoms in total. The molecule has 2 rings (SSSR count). The van der Waals surface area contributed by atoms with Gasteiger partial charge in [0.1, 0.15) is 0 Å². The highest BCUT2D eigenvalue weighted by Gasteiger charge is 2.06. The fraction of sp³-hybridized carbons (Fsp3) is 0.267. The summed E-state index contributed by atoms with van der Waals surface area (Å²) in [5.41, 5.74) is 10.9. The van der Waals surface area contributed by atoms with E-state index >= 15 is 0 Å². The van der Waals surface area contributed by atoms with Crippen molar-refractivity contribution < 1.29 is 0 Å². The molecule has 1 aromatic carbocycles. The first-order valence-corrected chi connectivity index (χ1v) is 6.45. The molecule has 1 heterocycles. The summed E-state index contributed by atoms with van der Waals surface area (Å²) in [6.45, 7) is 4.13. The van der Waals surface area contributed by atoms with Crippen molar-refractivity contribution >= 4 is 16.7 Å². The number of benzene rings is 1. The minimum atomic E-state index is 0.785. The Morgan fingerprint density at radius 3 is 2.79 bits per heavy atom. The zero-order chi connectivity index (χ0) is 13.8. The van der Waals surface area contributed by atoms with Crippen molar-refractivity contribution in [3.63, 3.8) is 0 Å². The van der Waals surface area contributed by atoms with Crippen LogP contribution in [0.3, 0.4) is 0 Å². The summed E-state index contributed by atoms with van der Waals surface area (Å²) < 4.78 is 0. The lowest BCUT2D eigenvalue weighted by Gasteiger charge is -2.05. The van der Waals surface area contributed by atoms with Crippen LogP contribution in [0.15, 0.2) is 41.6 Å². The zero-order valence-electron chi connectivity index (χ0n) is 11.6. The number of imidazole rings is 1. The van der Waals surface area contributed by atoms with E-state index in [1.54, 1.807) is 0 Å². The first-order valence-electron chi connectivity index (χ1n) is 6.45. The molecule has 0 atom stereocenters.